The Morgan fingerprint density at radius 3 is 2.32 bits per heavy atom. The van der Waals surface area contributed by atoms with Gasteiger partial charge in [-0.1, -0.05) is 30.1 Å². The molecule has 0 aliphatic carbocycles. The van der Waals surface area contributed by atoms with Crippen molar-refractivity contribution in [3.05, 3.63) is 36.5 Å². The number of esters is 2. The molecule has 0 aromatic heterocycles. The topological polar surface area (TPSA) is 52.6 Å². The van der Waals surface area contributed by atoms with Gasteiger partial charge in [0.15, 0.2) is 0 Å². The molecule has 0 fully saturated rings. The minimum Gasteiger partial charge on any atom is -0.466 e. The first-order chi connectivity index (χ1) is 10.6. The summed E-state index contributed by atoms with van der Waals surface area (Å²) in [4.78, 5) is 21.7. The van der Waals surface area contributed by atoms with Crippen LogP contribution in [0.3, 0.4) is 0 Å². The fraction of sp³-hybridized carbons (Fsp3) is 0.333. The Labute approximate surface area is 131 Å². The van der Waals surface area contributed by atoms with Gasteiger partial charge in [0.25, 0.3) is 0 Å². The zero-order valence-electron chi connectivity index (χ0n) is 13.1. The SMILES string of the molecule is CC=CC#CC#CC=CC=CC(CCOC(C)=O)OC(C)=O. The molecule has 4 heteroatoms. The molecule has 0 aromatic rings. The molecule has 22 heavy (non-hydrogen) atoms. The van der Waals surface area contributed by atoms with E-state index in [1.54, 1.807) is 30.4 Å². The van der Waals surface area contributed by atoms with E-state index in [0.29, 0.717) is 6.42 Å². The zero-order valence-corrected chi connectivity index (χ0v) is 13.1. The fourth-order valence-electron chi connectivity index (χ4n) is 1.26. The summed E-state index contributed by atoms with van der Waals surface area (Å²) in [5.74, 6) is 10.1. The maximum atomic E-state index is 11.0. The molecule has 0 N–H and O–H groups in total. The van der Waals surface area contributed by atoms with E-state index in [4.69, 9.17) is 9.47 Å². The molecular formula is C18H20O4. The van der Waals surface area contributed by atoms with E-state index < -0.39 is 6.10 Å². The van der Waals surface area contributed by atoms with Crippen molar-refractivity contribution in [1.82, 2.24) is 0 Å². The van der Waals surface area contributed by atoms with Crippen LogP contribution in [0.25, 0.3) is 0 Å². The number of allylic oxidation sites excluding steroid dienone is 5. The average Bonchev–Trinajstić information content (AvgIpc) is 2.44. The molecule has 0 spiro atoms. The van der Waals surface area contributed by atoms with Gasteiger partial charge in [-0.25, -0.2) is 0 Å². The molecule has 0 rings (SSSR count). The van der Waals surface area contributed by atoms with E-state index in [1.165, 1.54) is 13.8 Å². The summed E-state index contributed by atoms with van der Waals surface area (Å²) < 4.78 is 9.91. The Kier molecular flexibility index (Phi) is 11.6. The third-order valence-corrected chi connectivity index (χ3v) is 2.10. The van der Waals surface area contributed by atoms with Crippen LogP contribution in [0.4, 0.5) is 0 Å². The molecule has 0 aromatic carbocycles. The van der Waals surface area contributed by atoms with Gasteiger partial charge in [-0.15, -0.1) is 0 Å². The van der Waals surface area contributed by atoms with Crippen LogP contribution in [0.5, 0.6) is 0 Å². The highest BCUT2D eigenvalue weighted by molar-refractivity contribution is 5.66. The van der Waals surface area contributed by atoms with Crippen LogP contribution in [0.15, 0.2) is 36.5 Å². The Hall–Kier alpha value is -2.72. The van der Waals surface area contributed by atoms with E-state index in [-0.39, 0.29) is 18.5 Å². The molecular weight excluding hydrogens is 280 g/mol. The second kappa shape index (κ2) is 13.3. The van der Waals surface area contributed by atoms with Gasteiger partial charge in [0, 0.05) is 20.3 Å². The lowest BCUT2D eigenvalue weighted by molar-refractivity contribution is -0.146. The quantitative estimate of drug-likeness (QED) is 0.430. The number of ether oxygens (including phenoxy) is 2. The molecule has 0 radical (unpaired) electrons. The normalized spacial score (nSPS) is 11.6. The summed E-state index contributed by atoms with van der Waals surface area (Å²) in [5.41, 5.74) is 0. The lowest BCUT2D eigenvalue weighted by Gasteiger charge is -2.12. The molecule has 0 amide bonds. The van der Waals surface area contributed by atoms with Gasteiger partial charge in [-0.05, 0) is 37.0 Å². The third kappa shape index (κ3) is 13.7. The van der Waals surface area contributed by atoms with Crippen LogP contribution in [0.2, 0.25) is 0 Å². The minimum atomic E-state index is -0.441. The lowest BCUT2D eigenvalue weighted by atomic mass is 10.2. The highest BCUT2D eigenvalue weighted by atomic mass is 16.6. The van der Waals surface area contributed by atoms with Gasteiger partial charge in [0.1, 0.15) is 6.10 Å². The fourth-order valence-corrected chi connectivity index (χ4v) is 1.26. The first kappa shape index (κ1) is 19.3. The summed E-state index contributed by atoms with van der Waals surface area (Å²) in [5, 5.41) is 0. The molecule has 1 unspecified atom stereocenters. The maximum absolute atomic E-state index is 11.0. The van der Waals surface area contributed by atoms with Crippen molar-refractivity contribution in [2.24, 2.45) is 0 Å². The first-order valence-electron chi connectivity index (χ1n) is 6.82. The van der Waals surface area contributed by atoms with Crippen molar-refractivity contribution < 1.29 is 19.1 Å². The Balaban J connectivity index is 4.36. The van der Waals surface area contributed by atoms with Crippen molar-refractivity contribution in [3.8, 4) is 23.7 Å². The number of hydrogen-bond acceptors (Lipinski definition) is 4. The molecule has 0 heterocycles. The minimum absolute atomic E-state index is 0.196. The first-order valence-corrected chi connectivity index (χ1v) is 6.82. The van der Waals surface area contributed by atoms with E-state index in [9.17, 15) is 9.59 Å². The van der Waals surface area contributed by atoms with Crippen molar-refractivity contribution in [2.45, 2.75) is 33.3 Å². The Bertz CT molecular complexity index is 559. The van der Waals surface area contributed by atoms with Gasteiger partial charge < -0.3 is 9.47 Å². The predicted octanol–water partition coefficient (Wildman–Crippen LogP) is 2.57. The standard InChI is InChI=1S/C18H20O4/c1-4-5-6-7-8-9-10-11-12-13-18(22-17(3)20)14-15-21-16(2)19/h4-5,10-13,18H,14-15H2,1-3H3. The van der Waals surface area contributed by atoms with Crippen LogP contribution in [0, 0.1) is 23.7 Å². The smallest absolute Gasteiger partial charge is 0.303 e. The van der Waals surface area contributed by atoms with Crippen molar-refractivity contribution in [2.75, 3.05) is 6.61 Å². The second-order valence-corrected chi connectivity index (χ2v) is 4.06. The maximum Gasteiger partial charge on any atom is 0.303 e. The monoisotopic (exact) mass is 300 g/mol. The molecule has 0 bridgehead atoms. The summed E-state index contributed by atoms with van der Waals surface area (Å²) in [6, 6.07) is 0. The van der Waals surface area contributed by atoms with Crippen LogP contribution >= 0.6 is 0 Å². The zero-order chi connectivity index (χ0) is 16.6. The van der Waals surface area contributed by atoms with Crippen LogP contribution in [0.1, 0.15) is 27.2 Å². The highest BCUT2D eigenvalue weighted by Crippen LogP contribution is 2.02. The number of rotatable bonds is 6. The van der Waals surface area contributed by atoms with E-state index in [0.717, 1.165) is 0 Å². The second-order valence-electron chi connectivity index (χ2n) is 4.06. The lowest BCUT2D eigenvalue weighted by Crippen LogP contribution is -2.17. The van der Waals surface area contributed by atoms with Crippen LogP contribution in [-0.2, 0) is 19.1 Å². The van der Waals surface area contributed by atoms with E-state index >= 15 is 0 Å². The van der Waals surface area contributed by atoms with Gasteiger partial charge in [-0.3, -0.25) is 9.59 Å². The molecule has 116 valence electrons. The van der Waals surface area contributed by atoms with E-state index in [2.05, 4.69) is 23.7 Å². The molecule has 4 nitrogen and oxygen atoms in total. The van der Waals surface area contributed by atoms with Crippen molar-refractivity contribution in [1.29, 1.82) is 0 Å². The van der Waals surface area contributed by atoms with E-state index in [1.807, 2.05) is 13.0 Å². The summed E-state index contributed by atoms with van der Waals surface area (Å²) >= 11 is 0. The van der Waals surface area contributed by atoms with Crippen LogP contribution < -0.4 is 0 Å². The molecule has 0 saturated heterocycles. The molecule has 0 aliphatic heterocycles. The number of carbonyl (C=O) groups excluding carboxylic acids is 2. The average molecular weight is 300 g/mol. The van der Waals surface area contributed by atoms with Gasteiger partial charge >= 0.3 is 11.9 Å². The summed E-state index contributed by atoms with van der Waals surface area (Å²) in [7, 11) is 0. The van der Waals surface area contributed by atoms with Crippen molar-refractivity contribution >= 4 is 11.9 Å². The molecule has 0 aliphatic rings. The summed E-state index contributed by atoms with van der Waals surface area (Å²) in [6.07, 6.45) is 10.3. The molecule has 1 atom stereocenters. The largest absolute Gasteiger partial charge is 0.466 e. The number of carbonyl (C=O) groups is 2. The van der Waals surface area contributed by atoms with Crippen molar-refractivity contribution in [3.63, 3.8) is 0 Å². The van der Waals surface area contributed by atoms with Gasteiger partial charge in [0.05, 0.1) is 6.61 Å². The summed E-state index contributed by atoms with van der Waals surface area (Å²) in [6.45, 7) is 4.74. The Morgan fingerprint density at radius 1 is 1.05 bits per heavy atom. The highest BCUT2D eigenvalue weighted by Gasteiger charge is 2.08. The Morgan fingerprint density at radius 2 is 1.73 bits per heavy atom. The van der Waals surface area contributed by atoms with Gasteiger partial charge in [-0.2, -0.15) is 0 Å². The predicted molar refractivity (Wildman–Crippen MR) is 85.5 cm³/mol. The van der Waals surface area contributed by atoms with Crippen LogP contribution in [-0.4, -0.2) is 24.6 Å². The van der Waals surface area contributed by atoms with Gasteiger partial charge in [0.2, 0.25) is 0 Å². The molecule has 0 saturated carbocycles. The number of hydrogen-bond donors (Lipinski definition) is 0. The third-order valence-electron chi connectivity index (χ3n) is 2.10.